The topological polar surface area (TPSA) is 47.2 Å². The third-order valence-corrected chi connectivity index (χ3v) is 2.47. The van der Waals surface area contributed by atoms with Crippen LogP contribution >= 0.6 is 11.6 Å². The van der Waals surface area contributed by atoms with Gasteiger partial charge in [-0.05, 0) is 12.1 Å². The van der Waals surface area contributed by atoms with Crippen LogP contribution in [-0.4, -0.2) is 14.2 Å². The zero-order chi connectivity index (χ0) is 11.0. The molecule has 0 spiro atoms. The van der Waals surface area contributed by atoms with E-state index in [4.69, 9.17) is 11.6 Å². The zero-order valence-corrected chi connectivity index (χ0v) is 8.77. The summed E-state index contributed by atoms with van der Waals surface area (Å²) in [6, 6.07) is 4.67. The lowest BCUT2D eigenvalue weighted by molar-refractivity contribution is 0.475. The van der Waals surface area contributed by atoms with Crippen LogP contribution < -0.4 is 5.69 Å². The summed E-state index contributed by atoms with van der Waals surface area (Å²) in [6.45, 7) is 0. The molecule has 0 aliphatic rings. The van der Waals surface area contributed by atoms with E-state index < -0.39 is 0 Å². The fraction of sp³-hybridized carbons (Fsp3) is 0.100. The molecule has 0 saturated heterocycles. The Morgan fingerprint density at radius 1 is 1.33 bits per heavy atom. The molecule has 1 aromatic carbocycles. The molecular formula is C10H9ClN2O2. The molecule has 0 fully saturated rings. The number of imidazole rings is 1. The van der Waals surface area contributed by atoms with Gasteiger partial charge in [-0.1, -0.05) is 11.6 Å². The molecule has 15 heavy (non-hydrogen) atoms. The fourth-order valence-electron chi connectivity index (χ4n) is 1.31. The van der Waals surface area contributed by atoms with E-state index in [-0.39, 0.29) is 16.5 Å². The van der Waals surface area contributed by atoms with Crippen molar-refractivity contribution in [1.82, 2.24) is 9.13 Å². The average Bonchev–Trinajstić information content (AvgIpc) is 2.53. The highest BCUT2D eigenvalue weighted by molar-refractivity contribution is 6.32. The minimum absolute atomic E-state index is 0.0371. The van der Waals surface area contributed by atoms with E-state index in [1.165, 1.54) is 15.2 Å². The molecule has 5 heteroatoms. The van der Waals surface area contributed by atoms with Crippen molar-refractivity contribution in [1.29, 1.82) is 0 Å². The van der Waals surface area contributed by atoms with Crippen molar-refractivity contribution in [2.75, 3.05) is 0 Å². The van der Waals surface area contributed by atoms with Gasteiger partial charge >= 0.3 is 5.69 Å². The molecule has 2 rings (SSSR count). The SMILES string of the molecule is Cn1ccn(-c2ccc(Cl)c(O)c2)c1=O. The molecule has 0 radical (unpaired) electrons. The van der Waals surface area contributed by atoms with Crippen LogP contribution in [0.1, 0.15) is 0 Å². The minimum atomic E-state index is -0.170. The molecule has 1 heterocycles. The van der Waals surface area contributed by atoms with Gasteiger partial charge in [0.2, 0.25) is 0 Å². The standard InChI is InChI=1S/C10H9ClN2O2/c1-12-4-5-13(10(12)15)7-2-3-8(11)9(14)6-7/h2-6,14H,1H3. The number of phenolic OH excluding ortho intramolecular Hbond substituents is 1. The van der Waals surface area contributed by atoms with Gasteiger partial charge in [-0.15, -0.1) is 0 Å². The minimum Gasteiger partial charge on any atom is -0.506 e. The summed E-state index contributed by atoms with van der Waals surface area (Å²) in [7, 11) is 1.66. The van der Waals surface area contributed by atoms with Gasteiger partial charge < -0.3 is 9.67 Å². The first-order chi connectivity index (χ1) is 7.09. The van der Waals surface area contributed by atoms with E-state index >= 15 is 0 Å². The quantitative estimate of drug-likeness (QED) is 0.799. The lowest BCUT2D eigenvalue weighted by Gasteiger charge is -2.02. The molecule has 78 valence electrons. The summed E-state index contributed by atoms with van der Waals surface area (Å²) >= 11 is 5.67. The molecule has 1 N–H and O–H groups in total. The van der Waals surface area contributed by atoms with Gasteiger partial charge in [-0.25, -0.2) is 4.79 Å². The Morgan fingerprint density at radius 2 is 2.07 bits per heavy atom. The Balaban J connectivity index is 2.60. The molecule has 4 nitrogen and oxygen atoms in total. The maximum absolute atomic E-state index is 11.6. The molecule has 0 saturated carbocycles. The Bertz CT molecular complexity index is 557. The monoisotopic (exact) mass is 224 g/mol. The molecule has 0 aliphatic carbocycles. The zero-order valence-electron chi connectivity index (χ0n) is 8.01. The van der Waals surface area contributed by atoms with Crippen molar-refractivity contribution >= 4 is 11.6 Å². The largest absolute Gasteiger partial charge is 0.506 e. The third kappa shape index (κ3) is 1.64. The highest BCUT2D eigenvalue weighted by atomic mass is 35.5. The van der Waals surface area contributed by atoms with Crippen LogP contribution in [0.2, 0.25) is 5.02 Å². The van der Waals surface area contributed by atoms with Crippen LogP contribution in [-0.2, 0) is 7.05 Å². The molecule has 0 aliphatic heterocycles. The van der Waals surface area contributed by atoms with Gasteiger partial charge in [0.15, 0.2) is 0 Å². The van der Waals surface area contributed by atoms with E-state index in [1.54, 1.807) is 31.6 Å². The summed E-state index contributed by atoms with van der Waals surface area (Å²) < 4.78 is 2.88. The fourth-order valence-corrected chi connectivity index (χ4v) is 1.43. The van der Waals surface area contributed by atoms with E-state index in [0.717, 1.165) is 0 Å². The van der Waals surface area contributed by atoms with Crippen molar-refractivity contribution in [3.8, 4) is 11.4 Å². The number of nitrogens with zero attached hydrogens (tertiary/aromatic N) is 2. The van der Waals surface area contributed by atoms with Crippen LogP contribution in [0, 0.1) is 0 Å². The maximum atomic E-state index is 11.6. The lowest BCUT2D eigenvalue weighted by Crippen LogP contribution is -2.20. The number of aromatic hydroxyl groups is 1. The van der Waals surface area contributed by atoms with E-state index in [0.29, 0.717) is 5.69 Å². The molecule has 0 unspecified atom stereocenters. The third-order valence-electron chi connectivity index (χ3n) is 2.16. The number of hydrogen-bond donors (Lipinski definition) is 1. The first kappa shape index (κ1) is 9.86. The van der Waals surface area contributed by atoms with Crippen molar-refractivity contribution < 1.29 is 5.11 Å². The van der Waals surface area contributed by atoms with Crippen molar-refractivity contribution in [3.05, 3.63) is 46.1 Å². The van der Waals surface area contributed by atoms with Gasteiger partial charge in [-0.3, -0.25) is 4.57 Å². The van der Waals surface area contributed by atoms with Gasteiger partial charge in [-0.2, -0.15) is 0 Å². The number of aryl methyl sites for hydroxylation is 1. The number of rotatable bonds is 1. The second kappa shape index (κ2) is 3.47. The van der Waals surface area contributed by atoms with Crippen LogP contribution in [0.25, 0.3) is 5.69 Å². The first-order valence-electron chi connectivity index (χ1n) is 4.32. The molecule has 1 aromatic heterocycles. The van der Waals surface area contributed by atoms with Crippen LogP contribution in [0.15, 0.2) is 35.4 Å². The first-order valence-corrected chi connectivity index (χ1v) is 4.70. The number of hydrogen-bond acceptors (Lipinski definition) is 2. The smallest absolute Gasteiger partial charge is 0.332 e. The summed E-state index contributed by atoms with van der Waals surface area (Å²) in [4.78, 5) is 11.6. The Morgan fingerprint density at radius 3 is 2.60 bits per heavy atom. The highest BCUT2D eigenvalue weighted by Crippen LogP contribution is 2.24. The van der Waals surface area contributed by atoms with Gasteiger partial charge in [0, 0.05) is 25.5 Å². The summed E-state index contributed by atoms with van der Waals surface area (Å²) in [5.41, 5.74) is 0.416. The second-order valence-electron chi connectivity index (χ2n) is 3.20. The molecule has 0 amide bonds. The Labute approximate surface area is 91.0 Å². The molecule has 0 bridgehead atoms. The predicted molar refractivity (Wildman–Crippen MR) is 57.7 cm³/mol. The predicted octanol–water partition coefficient (Wildman–Crippen LogP) is 1.53. The summed E-state index contributed by atoms with van der Waals surface area (Å²) in [6.07, 6.45) is 3.28. The van der Waals surface area contributed by atoms with Gasteiger partial charge in [0.25, 0.3) is 0 Å². The number of aromatic nitrogens is 2. The normalized spacial score (nSPS) is 10.5. The van der Waals surface area contributed by atoms with Crippen molar-refractivity contribution in [2.24, 2.45) is 7.05 Å². The lowest BCUT2D eigenvalue weighted by atomic mass is 10.3. The highest BCUT2D eigenvalue weighted by Gasteiger charge is 2.05. The van der Waals surface area contributed by atoms with Gasteiger partial charge in [0.05, 0.1) is 10.7 Å². The Hall–Kier alpha value is -1.68. The van der Waals surface area contributed by atoms with E-state index in [1.807, 2.05) is 0 Å². The molecular weight excluding hydrogens is 216 g/mol. The summed E-state index contributed by atoms with van der Waals surface area (Å²) in [5.74, 6) is -0.0371. The van der Waals surface area contributed by atoms with E-state index in [9.17, 15) is 9.90 Å². The second-order valence-corrected chi connectivity index (χ2v) is 3.60. The van der Waals surface area contributed by atoms with Crippen molar-refractivity contribution in [3.63, 3.8) is 0 Å². The molecule has 2 aromatic rings. The summed E-state index contributed by atoms with van der Waals surface area (Å²) in [5, 5.41) is 9.67. The van der Waals surface area contributed by atoms with Crippen LogP contribution in [0.3, 0.4) is 0 Å². The number of halogens is 1. The van der Waals surface area contributed by atoms with Crippen molar-refractivity contribution in [2.45, 2.75) is 0 Å². The van der Waals surface area contributed by atoms with Gasteiger partial charge in [0.1, 0.15) is 5.75 Å². The average molecular weight is 225 g/mol. The van der Waals surface area contributed by atoms with E-state index in [2.05, 4.69) is 0 Å². The Kier molecular flexibility index (Phi) is 2.28. The molecule has 0 atom stereocenters. The number of benzene rings is 1. The van der Waals surface area contributed by atoms with Crippen LogP contribution in [0.4, 0.5) is 0 Å². The van der Waals surface area contributed by atoms with Crippen LogP contribution in [0.5, 0.6) is 5.75 Å². The maximum Gasteiger partial charge on any atom is 0.332 e. The number of phenols is 1.